The van der Waals surface area contributed by atoms with Crippen LogP contribution < -0.4 is 4.90 Å². The number of thiophene rings is 1. The molecule has 4 rings (SSSR count). The maximum absolute atomic E-state index is 13.7. The van der Waals surface area contributed by atoms with E-state index in [0.29, 0.717) is 6.07 Å². The van der Waals surface area contributed by atoms with Gasteiger partial charge in [0.15, 0.2) is 21.5 Å². The second kappa shape index (κ2) is 7.80. The Bertz CT molecular complexity index is 1340. The van der Waals surface area contributed by atoms with Crippen LogP contribution in [0.3, 0.4) is 0 Å². The molecule has 0 fully saturated rings. The zero-order valence-electron chi connectivity index (χ0n) is 16.6. The lowest BCUT2D eigenvalue weighted by molar-refractivity contribution is -0.287. The summed E-state index contributed by atoms with van der Waals surface area (Å²) in [5.74, 6) is -6.49. The van der Waals surface area contributed by atoms with E-state index in [0.717, 1.165) is 4.90 Å². The first-order valence-electron chi connectivity index (χ1n) is 9.27. The highest BCUT2D eigenvalue weighted by Gasteiger charge is 2.60. The molecule has 14 heteroatoms. The molecule has 0 aliphatic carbocycles. The van der Waals surface area contributed by atoms with Gasteiger partial charge in [0, 0.05) is 12.4 Å². The highest BCUT2D eigenvalue weighted by molar-refractivity contribution is 7.91. The summed E-state index contributed by atoms with van der Waals surface area (Å²) in [5, 5.41) is 0. The van der Waals surface area contributed by atoms with Gasteiger partial charge in [-0.05, 0) is 29.8 Å². The summed E-state index contributed by atoms with van der Waals surface area (Å²) in [6, 6.07) is 4.76. The zero-order valence-corrected chi connectivity index (χ0v) is 18.2. The number of amides is 1. The average molecular weight is 504 g/mol. The molecule has 0 atom stereocenters. The standard InChI is InChI=1S/C19H13F5N4O3S2/c1-2-33(30,31)12-5-4-11(15-25-6-3-7-26-15)27-16(12)28-9-10-8-13(32-14(10)17(28)29)18(20,21)19(22,23)24/h3-8H,2,9H2,1H3. The summed E-state index contributed by atoms with van der Waals surface area (Å²) < 4.78 is 90.8. The molecule has 0 unspecified atom stereocenters. The summed E-state index contributed by atoms with van der Waals surface area (Å²) in [6.07, 6.45) is -2.95. The first-order chi connectivity index (χ1) is 15.4. The maximum Gasteiger partial charge on any atom is 0.458 e. The lowest BCUT2D eigenvalue weighted by Crippen LogP contribution is -2.33. The number of halogens is 5. The van der Waals surface area contributed by atoms with E-state index >= 15 is 0 Å². The highest BCUT2D eigenvalue weighted by Crippen LogP contribution is 2.48. The minimum atomic E-state index is -5.82. The minimum absolute atomic E-state index is 0.0189. The topological polar surface area (TPSA) is 93.1 Å². The van der Waals surface area contributed by atoms with Crippen LogP contribution in [0.5, 0.6) is 0 Å². The van der Waals surface area contributed by atoms with E-state index in [1.165, 1.54) is 31.5 Å². The van der Waals surface area contributed by atoms with Gasteiger partial charge >= 0.3 is 12.1 Å². The van der Waals surface area contributed by atoms with Crippen molar-refractivity contribution in [3.05, 3.63) is 52.0 Å². The van der Waals surface area contributed by atoms with Crippen LogP contribution in [0.15, 0.2) is 41.6 Å². The Morgan fingerprint density at radius 1 is 1.12 bits per heavy atom. The number of aromatic nitrogens is 3. The fourth-order valence-electron chi connectivity index (χ4n) is 3.14. The van der Waals surface area contributed by atoms with Crippen LogP contribution in [0.4, 0.5) is 27.8 Å². The molecule has 0 spiro atoms. The van der Waals surface area contributed by atoms with Gasteiger partial charge in [0.2, 0.25) is 0 Å². The predicted octanol–water partition coefficient (Wildman–Crippen LogP) is 4.21. The van der Waals surface area contributed by atoms with Gasteiger partial charge in [0.25, 0.3) is 5.91 Å². The number of hydrogen-bond acceptors (Lipinski definition) is 7. The average Bonchev–Trinajstić information content (AvgIpc) is 3.33. The molecular formula is C19H13F5N4O3S2. The lowest BCUT2D eigenvalue weighted by Gasteiger charge is -2.20. The molecule has 7 nitrogen and oxygen atoms in total. The molecule has 33 heavy (non-hydrogen) atoms. The van der Waals surface area contributed by atoms with Crippen molar-refractivity contribution in [3.8, 4) is 11.5 Å². The van der Waals surface area contributed by atoms with Gasteiger partial charge < -0.3 is 0 Å². The van der Waals surface area contributed by atoms with Crippen molar-refractivity contribution in [2.24, 2.45) is 0 Å². The number of pyridine rings is 1. The van der Waals surface area contributed by atoms with Crippen molar-refractivity contribution in [1.29, 1.82) is 0 Å². The quantitative estimate of drug-likeness (QED) is 0.484. The van der Waals surface area contributed by atoms with E-state index < -0.39 is 39.3 Å². The van der Waals surface area contributed by atoms with E-state index in [9.17, 15) is 35.2 Å². The molecule has 3 aromatic heterocycles. The molecule has 3 aromatic rings. The van der Waals surface area contributed by atoms with Crippen LogP contribution in [-0.4, -0.2) is 41.2 Å². The monoisotopic (exact) mass is 504 g/mol. The maximum atomic E-state index is 13.7. The molecule has 0 bridgehead atoms. The fourth-order valence-corrected chi connectivity index (χ4v) is 5.28. The number of nitrogens with zero attached hydrogens (tertiary/aromatic N) is 4. The van der Waals surface area contributed by atoms with Crippen molar-refractivity contribution >= 4 is 32.9 Å². The van der Waals surface area contributed by atoms with Gasteiger partial charge in [0.05, 0.1) is 22.1 Å². The van der Waals surface area contributed by atoms with Crippen molar-refractivity contribution in [2.45, 2.75) is 30.5 Å². The Kier molecular flexibility index (Phi) is 5.47. The second-order valence-corrected chi connectivity index (χ2v) is 10.2. The Morgan fingerprint density at radius 3 is 2.36 bits per heavy atom. The van der Waals surface area contributed by atoms with Crippen molar-refractivity contribution in [3.63, 3.8) is 0 Å². The van der Waals surface area contributed by atoms with Crippen LogP contribution in [0, 0.1) is 0 Å². The molecule has 174 valence electrons. The smallest absolute Gasteiger partial charge is 0.286 e. The fraction of sp³-hybridized carbons (Fsp3) is 0.263. The number of sulfone groups is 1. The molecule has 0 aromatic carbocycles. The molecule has 1 aliphatic heterocycles. The van der Waals surface area contributed by atoms with Crippen molar-refractivity contribution < 1.29 is 35.2 Å². The number of rotatable bonds is 5. The van der Waals surface area contributed by atoms with E-state index in [1.54, 1.807) is 6.07 Å². The van der Waals surface area contributed by atoms with E-state index in [4.69, 9.17) is 0 Å². The van der Waals surface area contributed by atoms with E-state index in [-0.39, 0.29) is 49.8 Å². The van der Waals surface area contributed by atoms with Crippen LogP contribution >= 0.6 is 11.3 Å². The number of carbonyl (C=O) groups excluding carboxylic acids is 1. The van der Waals surface area contributed by atoms with Gasteiger partial charge in [-0.25, -0.2) is 23.4 Å². The summed E-state index contributed by atoms with van der Waals surface area (Å²) >= 11 is 0.0189. The largest absolute Gasteiger partial charge is 0.458 e. The third-order valence-electron chi connectivity index (χ3n) is 4.85. The molecule has 1 aliphatic rings. The van der Waals surface area contributed by atoms with Crippen LogP contribution in [0.1, 0.15) is 27.0 Å². The molecular weight excluding hydrogens is 491 g/mol. The van der Waals surface area contributed by atoms with Gasteiger partial charge in [-0.2, -0.15) is 22.0 Å². The predicted molar refractivity (Wildman–Crippen MR) is 108 cm³/mol. The van der Waals surface area contributed by atoms with Gasteiger partial charge in [-0.1, -0.05) is 6.92 Å². The first kappa shape index (κ1) is 23.2. The third-order valence-corrected chi connectivity index (χ3v) is 7.83. The Morgan fingerprint density at radius 2 is 1.79 bits per heavy atom. The number of fused-ring (bicyclic) bond motifs is 1. The minimum Gasteiger partial charge on any atom is -0.286 e. The van der Waals surface area contributed by atoms with E-state index in [2.05, 4.69) is 15.0 Å². The van der Waals surface area contributed by atoms with Crippen molar-refractivity contribution in [2.75, 3.05) is 10.7 Å². The molecule has 0 saturated heterocycles. The summed E-state index contributed by atoms with van der Waals surface area (Å²) in [5.41, 5.74) is 0.0694. The van der Waals surface area contributed by atoms with Crippen LogP contribution in [0.25, 0.3) is 11.5 Å². The zero-order chi connectivity index (χ0) is 24.2. The lowest BCUT2D eigenvalue weighted by atomic mass is 10.2. The molecule has 0 radical (unpaired) electrons. The summed E-state index contributed by atoms with van der Waals surface area (Å²) in [7, 11) is -3.87. The summed E-state index contributed by atoms with van der Waals surface area (Å²) in [6.45, 7) is 0.971. The third kappa shape index (κ3) is 3.86. The number of carbonyl (C=O) groups is 1. The van der Waals surface area contributed by atoms with Gasteiger partial charge in [-0.3, -0.25) is 9.69 Å². The number of alkyl halides is 5. The van der Waals surface area contributed by atoms with Crippen molar-refractivity contribution in [1.82, 2.24) is 15.0 Å². The Hall–Kier alpha value is -3.00. The second-order valence-electron chi connectivity index (χ2n) is 6.92. The van der Waals surface area contributed by atoms with E-state index in [1.807, 2.05) is 0 Å². The van der Waals surface area contributed by atoms with Crippen LogP contribution in [0.2, 0.25) is 0 Å². The SMILES string of the molecule is CCS(=O)(=O)c1ccc(-c2ncccn2)nc1N1Cc2cc(C(F)(F)C(F)(F)F)sc2C1=O. The van der Waals surface area contributed by atoms with Gasteiger partial charge in [0.1, 0.15) is 10.6 Å². The normalized spacial score (nSPS) is 14.6. The Labute approximate surface area is 187 Å². The number of anilines is 1. The molecule has 0 N–H and O–H groups in total. The van der Waals surface area contributed by atoms with Gasteiger partial charge in [-0.15, -0.1) is 11.3 Å². The molecule has 4 heterocycles. The first-order valence-corrected chi connectivity index (χ1v) is 11.7. The highest BCUT2D eigenvalue weighted by atomic mass is 32.2. The molecule has 1 amide bonds. The molecule has 0 saturated carbocycles. The number of hydrogen-bond donors (Lipinski definition) is 0. The Balaban J connectivity index is 1.79. The van der Waals surface area contributed by atoms with Crippen LogP contribution in [-0.2, 0) is 22.3 Å². The summed E-state index contributed by atoms with van der Waals surface area (Å²) in [4.78, 5) is 24.2.